The number of H-pyrrole nitrogens is 1. The van der Waals surface area contributed by atoms with Crippen LogP contribution in [0.5, 0.6) is 0 Å². The van der Waals surface area contributed by atoms with Gasteiger partial charge in [-0.3, -0.25) is 14.4 Å². The smallest absolute Gasteiger partial charge is 0.246 e. The summed E-state index contributed by atoms with van der Waals surface area (Å²) in [7, 11) is 0. The van der Waals surface area contributed by atoms with Gasteiger partial charge in [0.25, 0.3) is 0 Å². The average molecular weight is 515 g/mol. The van der Waals surface area contributed by atoms with E-state index in [9.17, 15) is 14.4 Å². The maximum atomic E-state index is 13.5. The second-order valence-corrected chi connectivity index (χ2v) is 10.3. The van der Waals surface area contributed by atoms with Crippen molar-refractivity contribution in [3.63, 3.8) is 0 Å². The quantitative estimate of drug-likeness (QED) is 0.338. The van der Waals surface area contributed by atoms with Crippen molar-refractivity contribution in [2.24, 2.45) is 0 Å². The summed E-state index contributed by atoms with van der Waals surface area (Å²) in [6.07, 6.45) is 3.26. The van der Waals surface area contributed by atoms with Gasteiger partial charge in [0.1, 0.15) is 12.6 Å². The first-order valence-corrected chi connectivity index (χ1v) is 13.4. The van der Waals surface area contributed by atoms with Crippen LogP contribution < -0.4 is 5.32 Å². The Morgan fingerprint density at radius 1 is 1.00 bits per heavy atom. The Balaban J connectivity index is 1.25. The van der Waals surface area contributed by atoms with Gasteiger partial charge >= 0.3 is 0 Å². The molecule has 0 aliphatic carbocycles. The number of carbonyl (C=O) groups excluding carboxylic acids is 3. The van der Waals surface area contributed by atoms with E-state index >= 15 is 0 Å². The van der Waals surface area contributed by atoms with Gasteiger partial charge in [0.2, 0.25) is 17.7 Å². The van der Waals surface area contributed by atoms with E-state index in [1.54, 1.807) is 21.1 Å². The third-order valence-electron chi connectivity index (χ3n) is 6.79. The number of hydrogen-bond acceptors (Lipinski definition) is 4. The number of fused-ring (bicyclic) bond motifs is 1. The second kappa shape index (κ2) is 11.4. The third-order valence-corrected chi connectivity index (χ3v) is 7.72. The molecule has 0 spiro atoms. The highest BCUT2D eigenvalue weighted by atomic mass is 32.1. The van der Waals surface area contributed by atoms with Crippen LogP contribution >= 0.6 is 11.3 Å². The first-order chi connectivity index (χ1) is 18.1. The van der Waals surface area contributed by atoms with E-state index < -0.39 is 6.04 Å². The highest BCUT2D eigenvalue weighted by Crippen LogP contribution is 2.21. The highest BCUT2D eigenvalue weighted by molar-refractivity contribution is 7.09. The molecule has 2 N–H and O–H groups in total. The van der Waals surface area contributed by atoms with Gasteiger partial charge in [0.05, 0.1) is 6.42 Å². The lowest BCUT2D eigenvalue weighted by atomic mass is 10.0. The summed E-state index contributed by atoms with van der Waals surface area (Å²) >= 11 is 1.63. The number of rotatable bonds is 10. The van der Waals surface area contributed by atoms with E-state index in [0.717, 1.165) is 26.9 Å². The largest absolute Gasteiger partial charge is 0.361 e. The number of carbonyl (C=O) groups is 3. The van der Waals surface area contributed by atoms with E-state index in [2.05, 4.69) is 16.4 Å². The normalized spacial score (nSPS) is 15.9. The van der Waals surface area contributed by atoms with Crippen LogP contribution in [0.4, 0.5) is 0 Å². The molecule has 8 heteroatoms. The van der Waals surface area contributed by atoms with Crippen LogP contribution in [0, 0.1) is 0 Å². The van der Waals surface area contributed by atoms with Crippen molar-refractivity contribution >= 4 is 40.0 Å². The molecule has 37 heavy (non-hydrogen) atoms. The van der Waals surface area contributed by atoms with E-state index in [-0.39, 0.29) is 30.7 Å². The van der Waals surface area contributed by atoms with Crippen LogP contribution in [0.25, 0.3) is 10.9 Å². The molecule has 1 saturated heterocycles. The minimum absolute atomic E-state index is 0.0247. The van der Waals surface area contributed by atoms with Crippen LogP contribution in [0.1, 0.15) is 22.4 Å². The Hall–Kier alpha value is -3.91. The number of amides is 3. The molecular weight excluding hydrogens is 484 g/mol. The van der Waals surface area contributed by atoms with Crippen LogP contribution in [-0.2, 0) is 33.8 Å². The van der Waals surface area contributed by atoms with Crippen molar-refractivity contribution in [3.05, 3.63) is 94.3 Å². The van der Waals surface area contributed by atoms with E-state index in [1.165, 1.54) is 0 Å². The summed E-state index contributed by atoms with van der Waals surface area (Å²) in [5.74, 6) is -0.529. The number of thiophene rings is 1. The zero-order valence-electron chi connectivity index (χ0n) is 20.6. The number of hydrogen-bond donors (Lipinski definition) is 2. The summed E-state index contributed by atoms with van der Waals surface area (Å²) in [5.41, 5.74) is 3.15. The van der Waals surface area contributed by atoms with Crippen molar-refractivity contribution < 1.29 is 14.4 Å². The Morgan fingerprint density at radius 3 is 2.62 bits per heavy atom. The van der Waals surface area contributed by atoms with Crippen molar-refractivity contribution in [2.75, 3.05) is 19.6 Å². The standard InChI is InChI=1S/C29H30N4O3S/c34-27(30-14-12-22-18-31-25-11-5-4-10-24(22)25)17-26-29(36)32(19-21-7-2-1-3-8-21)20-28(35)33(26)15-13-23-9-6-16-37-23/h1-11,16,18,26,31H,12-15,17,19-20H2,(H,30,34). The van der Waals surface area contributed by atoms with Crippen molar-refractivity contribution in [1.29, 1.82) is 0 Å². The van der Waals surface area contributed by atoms with Gasteiger partial charge in [0.15, 0.2) is 0 Å². The summed E-state index contributed by atoms with van der Waals surface area (Å²) in [6, 6.07) is 20.9. The molecule has 2 aromatic carbocycles. The Bertz CT molecular complexity index is 1370. The predicted octanol–water partition coefficient (Wildman–Crippen LogP) is 3.76. The first kappa shape index (κ1) is 24.8. The molecule has 3 heterocycles. The Labute approximate surface area is 220 Å². The van der Waals surface area contributed by atoms with Crippen molar-refractivity contribution in [2.45, 2.75) is 31.8 Å². The topological polar surface area (TPSA) is 85.5 Å². The van der Waals surface area contributed by atoms with Gasteiger partial charge in [-0.15, -0.1) is 11.3 Å². The molecule has 0 radical (unpaired) electrons. The molecule has 0 saturated carbocycles. The van der Waals surface area contributed by atoms with E-state index in [1.807, 2.05) is 72.2 Å². The molecular formula is C29H30N4O3S. The molecule has 4 aromatic rings. The monoisotopic (exact) mass is 514 g/mol. The third kappa shape index (κ3) is 5.91. The lowest BCUT2D eigenvalue weighted by molar-refractivity contribution is -0.157. The van der Waals surface area contributed by atoms with Crippen LogP contribution in [0.3, 0.4) is 0 Å². The number of nitrogens with one attached hydrogen (secondary N) is 2. The van der Waals surface area contributed by atoms with Crippen molar-refractivity contribution in [3.8, 4) is 0 Å². The number of aromatic nitrogens is 1. The molecule has 1 unspecified atom stereocenters. The van der Waals surface area contributed by atoms with E-state index in [4.69, 9.17) is 0 Å². The van der Waals surface area contributed by atoms with Gasteiger partial charge < -0.3 is 20.1 Å². The molecule has 5 rings (SSSR count). The number of piperazine rings is 1. The van der Waals surface area contributed by atoms with Crippen LogP contribution in [0.2, 0.25) is 0 Å². The molecule has 2 aromatic heterocycles. The molecule has 1 fully saturated rings. The fraction of sp³-hybridized carbons (Fsp3) is 0.276. The average Bonchev–Trinajstić information content (AvgIpc) is 3.58. The molecule has 1 aliphatic heterocycles. The van der Waals surface area contributed by atoms with Crippen molar-refractivity contribution in [1.82, 2.24) is 20.1 Å². The molecule has 0 bridgehead atoms. The molecule has 1 aliphatic rings. The minimum Gasteiger partial charge on any atom is -0.361 e. The summed E-state index contributed by atoms with van der Waals surface area (Å²) in [6.45, 7) is 1.25. The Morgan fingerprint density at radius 2 is 1.81 bits per heavy atom. The van der Waals surface area contributed by atoms with Crippen LogP contribution in [-0.4, -0.2) is 58.2 Å². The maximum Gasteiger partial charge on any atom is 0.246 e. The zero-order chi connectivity index (χ0) is 25.6. The first-order valence-electron chi connectivity index (χ1n) is 12.5. The van der Waals surface area contributed by atoms with Gasteiger partial charge in [-0.1, -0.05) is 54.6 Å². The fourth-order valence-corrected chi connectivity index (χ4v) is 5.57. The number of benzene rings is 2. The molecule has 7 nitrogen and oxygen atoms in total. The predicted molar refractivity (Wildman–Crippen MR) is 145 cm³/mol. The van der Waals surface area contributed by atoms with E-state index in [0.29, 0.717) is 32.5 Å². The summed E-state index contributed by atoms with van der Waals surface area (Å²) in [4.78, 5) is 47.3. The minimum atomic E-state index is -0.807. The lowest BCUT2D eigenvalue weighted by Gasteiger charge is -2.40. The van der Waals surface area contributed by atoms with Gasteiger partial charge in [0, 0.05) is 41.6 Å². The maximum absolute atomic E-state index is 13.5. The molecule has 190 valence electrons. The lowest BCUT2D eigenvalue weighted by Crippen LogP contribution is -2.60. The summed E-state index contributed by atoms with van der Waals surface area (Å²) in [5, 5.41) is 6.10. The Kier molecular flexibility index (Phi) is 7.65. The van der Waals surface area contributed by atoms with Gasteiger partial charge in [-0.2, -0.15) is 0 Å². The number of para-hydroxylation sites is 1. The highest BCUT2D eigenvalue weighted by Gasteiger charge is 2.40. The molecule has 1 atom stereocenters. The van der Waals surface area contributed by atoms with Gasteiger partial charge in [-0.25, -0.2) is 0 Å². The number of aromatic amines is 1. The SMILES string of the molecule is O=C(CC1C(=O)N(Cc2ccccc2)CC(=O)N1CCc1cccs1)NCCc1c[nH]c2ccccc12. The second-order valence-electron chi connectivity index (χ2n) is 9.28. The number of nitrogens with zero attached hydrogens (tertiary/aromatic N) is 2. The molecule has 3 amide bonds. The van der Waals surface area contributed by atoms with Gasteiger partial charge in [-0.05, 0) is 41.5 Å². The zero-order valence-corrected chi connectivity index (χ0v) is 21.4. The van der Waals surface area contributed by atoms with Crippen LogP contribution in [0.15, 0.2) is 78.3 Å². The fourth-order valence-electron chi connectivity index (χ4n) is 4.87. The summed E-state index contributed by atoms with van der Waals surface area (Å²) < 4.78 is 0.